The second kappa shape index (κ2) is 6.04. The van der Waals surface area contributed by atoms with Crippen LogP contribution in [0.3, 0.4) is 0 Å². The third kappa shape index (κ3) is 2.82. The lowest BCUT2D eigenvalue weighted by Gasteiger charge is -2.29. The normalized spacial score (nSPS) is 16.8. The average Bonchev–Trinajstić information content (AvgIpc) is 2.48. The molecule has 1 saturated heterocycles. The number of carbonyl (C=O) groups is 1. The maximum Gasteiger partial charge on any atom is 0.245 e. The van der Waals surface area contributed by atoms with E-state index in [1.165, 1.54) is 0 Å². The van der Waals surface area contributed by atoms with E-state index < -0.39 is 5.41 Å². The van der Waals surface area contributed by atoms with E-state index in [9.17, 15) is 10.1 Å². The number of amides is 1. The van der Waals surface area contributed by atoms with E-state index >= 15 is 0 Å². The van der Waals surface area contributed by atoms with E-state index in [-0.39, 0.29) is 5.91 Å². The summed E-state index contributed by atoms with van der Waals surface area (Å²) in [6.07, 6.45) is 0.733. The number of nitrogens with zero attached hydrogens (tertiary/aromatic N) is 2. The van der Waals surface area contributed by atoms with E-state index in [4.69, 9.17) is 10.00 Å². The molecule has 1 N–H and O–H groups in total. The van der Waals surface area contributed by atoms with Crippen molar-refractivity contribution in [3.05, 3.63) is 28.2 Å². The molecule has 1 fully saturated rings. The van der Waals surface area contributed by atoms with Crippen molar-refractivity contribution in [1.29, 1.82) is 10.5 Å². The Hall–Kier alpha value is -1.89. The van der Waals surface area contributed by atoms with Gasteiger partial charge >= 0.3 is 0 Å². The van der Waals surface area contributed by atoms with Gasteiger partial charge in [-0.3, -0.25) is 4.79 Å². The monoisotopic (exact) mass is 333 g/mol. The molecule has 0 saturated carbocycles. The van der Waals surface area contributed by atoms with Crippen molar-refractivity contribution in [2.45, 2.75) is 12.8 Å². The van der Waals surface area contributed by atoms with Gasteiger partial charge in [0, 0.05) is 17.7 Å². The Morgan fingerprint density at radius 1 is 1.35 bits per heavy atom. The van der Waals surface area contributed by atoms with Crippen molar-refractivity contribution in [2.75, 3.05) is 18.5 Å². The summed E-state index contributed by atoms with van der Waals surface area (Å²) >= 11 is 3.30. The van der Waals surface area contributed by atoms with Crippen LogP contribution in [0.25, 0.3) is 0 Å². The maximum atomic E-state index is 12.4. The highest BCUT2D eigenvalue weighted by Crippen LogP contribution is 2.32. The van der Waals surface area contributed by atoms with Crippen molar-refractivity contribution in [1.82, 2.24) is 0 Å². The number of carbonyl (C=O) groups excluding carboxylic acids is 1. The van der Waals surface area contributed by atoms with Crippen LogP contribution >= 0.6 is 15.9 Å². The fourth-order valence-corrected chi connectivity index (χ4v) is 2.43. The van der Waals surface area contributed by atoms with Crippen LogP contribution in [0.5, 0.6) is 0 Å². The first kappa shape index (κ1) is 14.5. The molecule has 1 aromatic rings. The van der Waals surface area contributed by atoms with E-state index in [2.05, 4.69) is 27.3 Å². The first-order valence-corrected chi connectivity index (χ1v) is 6.91. The minimum Gasteiger partial charge on any atom is -0.381 e. The second-order valence-corrected chi connectivity index (χ2v) is 5.48. The van der Waals surface area contributed by atoms with Gasteiger partial charge in [-0.1, -0.05) is 15.9 Å². The third-order valence-corrected chi connectivity index (χ3v) is 3.84. The molecule has 5 nitrogen and oxygen atoms in total. The fourth-order valence-electron chi connectivity index (χ4n) is 2.07. The maximum absolute atomic E-state index is 12.4. The van der Waals surface area contributed by atoms with Gasteiger partial charge in [-0.15, -0.1) is 0 Å². The molecule has 1 amide bonds. The summed E-state index contributed by atoms with van der Waals surface area (Å²) in [6, 6.07) is 9.11. The molecule has 2 rings (SSSR count). The minimum atomic E-state index is -1.08. The Balaban J connectivity index is 2.26. The van der Waals surface area contributed by atoms with Crippen molar-refractivity contribution in [3.8, 4) is 12.1 Å². The van der Waals surface area contributed by atoms with Gasteiger partial charge < -0.3 is 10.1 Å². The van der Waals surface area contributed by atoms with Gasteiger partial charge in [0.05, 0.1) is 17.3 Å². The van der Waals surface area contributed by atoms with Crippen LogP contribution in [-0.2, 0) is 9.53 Å². The van der Waals surface area contributed by atoms with E-state index in [0.29, 0.717) is 37.3 Å². The topological polar surface area (TPSA) is 85.9 Å². The van der Waals surface area contributed by atoms with E-state index in [1.807, 2.05) is 6.07 Å². The van der Waals surface area contributed by atoms with E-state index in [1.54, 1.807) is 18.2 Å². The molecule has 102 valence electrons. The molecule has 0 spiro atoms. The SMILES string of the molecule is N#Cc1ccc(Br)cc1NC(=O)C1(C#N)CCOCC1. The number of benzene rings is 1. The van der Waals surface area contributed by atoms with Gasteiger partial charge in [0.1, 0.15) is 11.5 Å². The smallest absolute Gasteiger partial charge is 0.245 e. The number of ether oxygens (including phenoxy) is 1. The Morgan fingerprint density at radius 3 is 2.65 bits per heavy atom. The first-order valence-electron chi connectivity index (χ1n) is 6.11. The average molecular weight is 334 g/mol. The summed E-state index contributed by atoms with van der Waals surface area (Å²) in [7, 11) is 0. The predicted molar refractivity (Wildman–Crippen MR) is 75.6 cm³/mol. The number of nitrogens with one attached hydrogen (secondary N) is 1. The Kier molecular flexibility index (Phi) is 4.39. The van der Waals surface area contributed by atoms with Gasteiger partial charge in [-0.2, -0.15) is 10.5 Å². The fraction of sp³-hybridized carbons (Fsp3) is 0.357. The van der Waals surface area contributed by atoms with Crippen molar-refractivity contribution >= 4 is 27.5 Å². The highest BCUT2D eigenvalue weighted by molar-refractivity contribution is 9.10. The number of hydrogen-bond donors (Lipinski definition) is 1. The molecular formula is C14H12BrN3O2. The summed E-state index contributed by atoms with van der Waals surface area (Å²) in [6.45, 7) is 0.787. The molecule has 1 aliphatic heterocycles. The summed E-state index contributed by atoms with van der Waals surface area (Å²) in [5.41, 5.74) is -0.303. The number of halogens is 1. The van der Waals surface area contributed by atoms with Gasteiger partial charge in [-0.25, -0.2) is 0 Å². The zero-order valence-corrected chi connectivity index (χ0v) is 12.2. The zero-order chi connectivity index (χ0) is 14.6. The number of hydrogen-bond acceptors (Lipinski definition) is 4. The standard InChI is InChI=1S/C14H12BrN3O2/c15-11-2-1-10(8-16)12(7-11)18-13(19)14(9-17)3-5-20-6-4-14/h1-2,7H,3-6H2,(H,18,19). The van der Waals surface area contributed by atoms with E-state index in [0.717, 1.165) is 4.47 Å². The first-order chi connectivity index (χ1) is 9.61. The van der Waals surface area contributed by atoms with Gasteiger partial charge in [0.15, 0.2) is 0 Å². The molecule has 0 aromatic heterocycles. The lowest BCUT2D eigenvalue weighted by atomic mass is 9.81. The molecule has 6 heteroatoms. The van der Waals surface area contributed by atoms with Gasteiger partial charge in [-0.05, 0) is 31.0 Å². The molecule has 0 atom stereocenters. The third-order valence-electron chi connectivity index (χ3n) is 3.35. The van der Waals surface area contributed by atoms with Crippen LogP contribution in [0.2, 0.25) is 0 Å². The number of anilines is 1. The summed E-state index contributed by atoms with van der Waals surface area (Å²) in [5, 5.41) is 21.1. The summed E-state index contributed by atoms with van der Waals surface area (Å²) in [5.74, 6) is -0.377. The Labute approximate surface area is 125 Å². The molecule has 0 unspecified atom stereocenters. The van der Waals surface area contributed by atoms with Crippen LogP contribution in [0, 0.1) is 28.1 Å². The van der Waals surface area contributed by atoms with Crippen LogP contribution in [-0.4, -0.2) is 19.1 Å². The number of nitriles is 2. The van der Waals surface area contributed by atoms with Gasteiger partial charge in [0.2, 0.25) is 5.91 Å². The quantitative estimate of drug-likeness (QED) is 0.901. The predicted octanol–water partition coefficient (Wildman–Crippen LogP) is 2.58. The molecule has 1 heterocycles. The lowest BCUT2D eigenvalue weighted by molar-refractivity contribution is -0.126. The summed E-state index contributed by atoms with van der Waals surface area (Å²) in [4.78, 5) is 12.4. The second-order valence-electron chi connectivity index (χ2n) is 4.56. The van der Waals surface area contributed by atoms with Gasteiger partial charge in [0.25, 0.3) is 0 Å². The summed E-state index contributed by atoms with van der Waals surface area (Å²) < 4.78 is 5.95. The molecule has 1 aromatic carbocycles. The van der Waals surface area contributed by atoms with Crippen molar-refractivity contribution < 1.29 is 9.53 Å². The minimum absolute atomic E-state index is 0.363. The van der Waals surface area contributed by atoms with Crippen LogP contribution in [0.15, 0.2) is 22.7 Å². The molecular weight excluding hydrogens is 322 g/mol. The van der Waals surface area contributed by atoms with Crippen molar-refractivity contribution in [3.63, 3.8) is 0 Å². The molecule has 20 heavy (non-hydrogen) atoms. The van der Waals surface area contributed by atoms with Crippen LogP contribution in [0.1, 0.15) is 18.4 Å². The van der Waals surface area contributed by atoms with Crippen molar-refractivity contribution in [2.24, 2.45) is 5.41 Å². The molecule has 0 aliphatic carbocycles. The molecule has 0 bridgehead atoms. The highest BCUT2D eigenvalue weighted by atomic mass is 79.9. The zero-order valence-electron chi connectivity index (χ0n) is 10.6. The molecule has 1 aliphatic rings. The molecule has 0 radical (unpaired) electrons. The Bertz CT molecular complexity index is 610. The Morgan fingerprint density at radius 2 is 2.05 bits per heavy atom. The largest absolute Gasteiger partial charge is 0.381 e. The highest BCUT2D eigenvalue weighted by Gasteiger charge is 2.40. The number of rotatable bonds is 2. The lowest BCUT2D eigenvalue weighted by Crippen LogP contribution is -2.40. The van der Waals surface area contributed by atoms with Crippen LogP contribution in [0.4, 0.5) is 5.69 Å². The van der Waals surface area contributed by atoms with Crippen LogP contribution < -0.4 is 5.32 Å².